The minimum absolute atomic E-state index is 0.0174. The van der Waals surface area contributed by atoms with E-state index >= 15 is 0 Å². The number of fused-ring (bicyclic) bond motifs is 7. The lowest BCUT2D eigenvalue weighted by atomic mass is 9.34. The molecule has 0 N–H and O–H groups in total. The fraction of sp³-hybridized carbons (Fsp3) is 0.111. The summed E-state index contributed by atoms with van der Waals surface area (Å²) in [5.41, 5.74) is 14.5. The van der Waals surface area contributed by atoms with Crippen molar-refractivity contribution in [3.05, 3.63) is 162 Å². The Morgan fingerprint density at radius 3 is 2.08 bits per heavy atom. The van der Waals surface area contributed by atoms with Crippen molar-refractivity contribution in [2.24, 2.45) is 0 Å². The maximum Gasteiger partial charge on any atom is 0.260 e. The summed E-state index contributed by atoms with van der Waals surface area (Å²) in [6.45, 7) is 4.76. The summed E-state index contributed by atoms with van der Waals surface area (Å²) in [4.78, 5) is 2.43. The van der Waals surface area contributed by atoms with Gasteiger partial charge in [-0.15, -0.1) is 0 Å². The molecule has 2 aliphatic heterocycles. The zero-order valence-corrected chi connectivity index (χ0v) is 27.6. The molecule has 0 bridgehead atoms. The molecular weight excluding hydrogens is 597 g/mol. The van der Waals surface area contributed by atoms with Gasteiger partial charge in [-0.25, -0.2) is 0 Å². The van der Waals surface area contributed by atoms with E-state index in [0.717, 1.165) is 46.9 Å². The van der Waals surface area contributed by atoms with E-state index in [0.29, 0.717) is 0 Å². The summed E-state index contributed by atoms with van der Waals surface area (Å²) in [5.74, 6) is 3.57. The fourth-order valence-electron chi connectivity index (χ4n) is 8.43. The predicted molar refractivity (Wildman–Crippen MR) is 202 cm³/mol. The SMILES string of the molecule is CC1(C)c2cc(N(C3=CC=CCC3)c3ccccc3)ccc2-c2cc3c(cc21)B1c2ccc(-c4ccccc4)cc2Oc2cccc(c21)O3. The Balaban J connectivity index is 1.11. The molecule has 0 atom stereocenters. The predicted octanol–water partition coefficient (Wildman–Crippen LogP) is 9.76. The lowest BCUT2D eigenvalue weighted by molar-refractivity contribution is 0.464. The maximum atomic E-state index is 6.74. The Kier molecular flexibility index (Phi) is 6.14. The van der Waals surface area contributed by atoms with Gasteiger partial charge in [0.2, 0.25) is 0 Å². The first kappa shape index (κ1) is 28.3. The molecule has 4 aliphatic rings. The van der Waals surface area contributed by atoms with Gasteiger partial charge in [-0.05, 0) is 112 Å². The first-order valence-corrected chi connectivity index (χ1v) is 17.3. The molecule has 234 valence electrons. The van der Waals surface area contributed by atoms with E-state index < -0.39 is 0 Å². The zero-order valence-electron chi connectivity index (χ0n) is 27.6. The molecule has 6 aromatic rings. The lowest BCUT2D eigenvalue weighted by Crippen LogP contribution is -2.57. The molecule has 4 heteroatoms. The minimum Gasteiger partial charge on any atom is -0.458 e. The summed E-state index contributed by atoms with van der Waals surface area (Å²) in [5, 5.41) is 0. The molecule has 2 heterocycles. The number of anilines is 2. The summed E-state index contributed by atoms with van der Waals surface area (Å²) in [6.07, 6.45) is 8.76. The molecular formula is C45H34BNO2. The number of allylic oxidation sites excluding steroid dienone is 4. The van der Waals surface area contributed by atoms with Gasteiger partial charge in [0.1, 0.15) is 23.0 Å². The van der Waals surface area contributed by atoms with E-state index in [1.807, 2.05) is 6.07 Å². The highest BCUT2D eigenvalue weighted by molar-refractivity contribution is 6.98. The molecule has 3 nitrogen and oxygen atoms in total. The van der Waals surface area contributed by atoms with Crippen LogP contribution in [0.2, 0.25) is 0 Å². The van der Waals surface area contributed by atoms with E-state index in [-0.39, 0.29) is 12.1 Å². The Bertz CT molecular complexity index is 2370. The van der Waals surface area contributed by atoms with Crippen LogP contribution in [-0.2, 0) is 5.41 Å². The largest absolute Gasteiger partial charge is 0.458 e. The van der Waals surface area contributed by atoms with Crippen LogP contribution in [-0.4, -0.2) is 6.71 Å². The van der Waals surface area contributed by atoms with Gasteiger partial charge in [-0.1, -0.05) is 105 Å². The van der Waals surface area contributed by atoms with Gasteiger partial charge < -0.3 is 14.4 Å². The molecule has 0 saturated carbocycles. The molecule has 10 rings (SSSR count). The van der Waals surface area contributed by atoms with Crippen molar-refractivity contribution >= 4 is 34.5 Å². The molecule has 0 fully saturated rings. The zero-order chi connectivity index (χ0) is 32.7. The molecule has 0 saturated heterocycles. The van der Waals surface area contributed by atoms with E-state index in [9.17, 15) is 0 Å². The van der Waals surface area contributed by atoms with E-state index in [1.165, 1.54) is 55.8 Å². The molecule has 49 heavy (non-hydrogen) atoms. The monoisotopic (exact) mass is 631 g/mol. The van der Waals surface area contributed by atoms with Crippen LogP contribution in [0, 0.1) is 0 Å². The van der Waals surface area contributed by atoms with Crippen LogP contribution in [0.15, 0.2) is 151 Å². The Morgan fingerprint density at radius 1 is 0.592 bits per heavy atom. The van der Waals surface area contributed by atoms with Crippen LogP contribution in [0.1, 0.15) is 37.8 Å². The van der Waals surface area contributed by atoms with Gasteiger partial charge in [-0.2, -0.15) is 0 Å². The van der Waals surface area contributed by atoms with Crippen molar-refractivity contribution in [3.8, 4) is 45.3 Å². The Morgan fingerprint density at radius 2 is 1.33 bits per heavy atom. The highest BCUT2D eigenvalue weighted by Crippen LogP contribution is 2.52. The molecule has 6 aromatic carbocycles. The smallest absolute Gasteiger partial charge is 0.260 e. The van der Waals surface area contributed by atoms with Gasteiger partial charge in [0.25, 0.3) is 6.71 Å². The van der Waals surface area contributed by atoms with Crippen molar-refractivity contribution in [2.75, 3.05) is 4.90 Å². The summed E-state index contributed by atoms with van der Waals surface area (Å²) in [7, 11) is 0. The highest BCUT2D eigenvalue weighted by atomic mass is 16.5. The van der Waals surface area contributed by atoms with Gasteiger partial charge in [-0.3, -0.25) is 0 Å². The number of ether oxygens (including phenoxy) is 2. The molecule has 0 unspecified atom stereocenters. The van der Waals surface area contributed by atoms with E-state index in [1.54, 1.807) is 0 Å². The highest BCUT2D eigenvalue weighted by Gasteiger charge is 2.44. The normalized spacial score (nSPS) is 15.5. The summed E-state index contributed by atoms with van der Waals surface area (Å²) < 4.78 is 13.4. The third kappa shape index (κ3) is 4.30. The first-order chi connectivity index (χ1) is 24.0. The topological polar surface area (TPSA) is 21.7 Å². The first-order valence-electron chi connectivity index (χ1n) is 17.3. The van der Waals surface area contributed by atoms with Crippen LogP contribution in [0.4, 0.5) is 11.4 Å². The fourth-order valence-corrected chi connectivity index (χ4v) is 8.43. The number of benzene rings is 6. The molecule has 2 aliphatic carbocycles. The second-order valence-electron chi connectivity index (χ2n) is 14.0. The lowest BCUT2D eigenvalue weighted by Gasteiger charge is -2.34. The van der Waals surface area contributed by atoms with Gasteiger partial charge in [0, 0.05) is 27.9 Å². The Hall–Kier alpha value is -5.74. The number of hydrogen-bond acceptors (Lipinski definition) is 3. The van der Waals surface area contributed by atoms with Crippen molar-refractivity contribution in [1.82, 2.24) is 0 Å². The average Bonchev–Trinajstić information content (AvgIpc) is 3.36. The third-order valence-electron chi connectivity index (χ3n) is 10.8. The van der Waals surface area contributed by atoms with Gasteiger partial charge in [0.05, 0.1) is 0 Å². The van der Waals surface area contributed by atoms with Crippen molar-refractivity contribution in [3.63, 3.8) is 0 Å². The molecule has 0 spiro atoms. The molecule has 0 aromatic heterocycles. The second kappa shape index (κ2) is 10.6. The number of hydrogen-bond donors (Lipinski definition) is 0. The van der Waals surface area contributed by atoms with Crippen LogP contribution >= 0.6 is 0 Å². The van der Waals surface area contributed by atoms with Crippen molar-refractivity contribution in [2.45, 2.75) is 32.1 Å². The van der Waals surface area contributed by atoms with Crippen molar-refractivity contribution < 1.29 is 9.47 Å². The van der Waals surface area contributed by atoms with Gasteiger partial charge >= 0.3 is 0 Å². The van der Waals surface area contributed by atoms with Crippen LogP contribution < -0.4 is 30.8 Å². The second-order valence-corrected chi connectivity index (χ2v) is 14.0. The van der Waals surface area contributed by atoms with Crippen LogP contribution in [0.3, 0.4) is 0 Å². The molecule has 0 radical (unpaired) electrons. The molecule has 0 amide bonds. The summed E-state index contributed by atoms with van der Waals surface area (Å²) >= 11 is 0. The quantitative estimate of drug-likeness (QED) is 0.181. The van der Waals surface area contributed by atoms with E-state index in [4.69, 9.17) is 9.47 Å². The number of para-hydroxylation sites is 1. The Labute approximate surface area is 287 Å². The van der Waals surface area contributed by atoms with Crippen molar-refractivity contribution in [1.29, 1.82) is 0 Å². The third-order valence-corrected chi connectivity index (χ3v) is 10.8. The standard InChI is InChI=1S/C45H34BNO2/c1-45(2)36-26-33(47(31-15-8-4-9-16-31)32-17-10-5-11-18-32)22-23-34(36)35-27-43-39(28-37(35)45)46-38-24-21-30(29-13-6-3-7-14-29)25-42(38)48-40-19-12-20-41(49-43)44(40)46/h3-10,12-17,19-28H,11,18H2,1-2H3. The van der Waals surface area contributed by atoms with E-state index in [2.05, 4.69) is 158 Å². The summed E-state index contributed by atoms with van der Waals surface area (Å²) in [6, 6.07) is 45.9. The average molecular weight is 632 g/mol. The number of rotatable bonds is 4. The minimum atomic E-state index is -0.204. The van der Waals surface area contributed by atoms with Crippen LogP contribution in [0.5, 0.6) is 23.0 Å². The van der Waals surface area contributed by atoms with Crippen LogP contribution in [0.25, 0.3) is 22.3 Å². The number of nitrogens with zero attached hydrogens (tertiary/aromatic N) is 1. The maximum absolute atomic E-state index is 6.74. The van der Waals surface area contributed by atoms with Gasteiger partial charge in [0.15, 0.2) is 0 Å².